The highest BCUT2D eigenvalue weighted by molar-refractivity contribution is 6.34. The summed E-state index contributed by atoms with van der Waals surface area (Å²) in [6.45, 7) is 4.33. The summed E-state index contributed by atoms with van der Waals surface area (Å²) in [6.07, 6.45) is 1.65. The number of H-pyrrole nitrogens is 1. The van der Waals surface area contributed by atoms with Crippen LogP contribution in [0.4, 0.5) is 0 Å². The van der Waals surface area contributed by atoms with Crippen molar-refractivity contribution in [2.24, 2.45) is 0 Å². The molecule has 19 heavy (non-hydrogen) atoms. The van der Waals surface area contributed by atoms with Crippen LogP contribution < -0.4 is 0 Å². The molecule has 2 heterocycles. The van der Waals surface area contributed by atoms with E-state index in [1.165, 1.54) is 5.69 Å². The van der Waals surface area contributed by atoms with E-state index in [1.807, 2.05) is 24.3 Å². The number of benzene rings is 1. The number of fused-ring (bicyclic) bond motifs is 1. The standard InChI is InChI=1S/C15H14ClN3/c1-9(2)14-7-10-6-12(16)11(8-15(10)18-14)13-4-3-5-17-19-13/h3-9,18H,1-2H3. The average Bonchev–Trinajstić information content (AvgIpc) is 2.82. The second-order valence-corrected chi connectivity index (χ2v) is 5.31. The number of aromatic amines is 1. The van der Waals surface area contributed by atoms with Gasteiger partial charge in [-0.05, 0) is 36.2 Å². The predicted octanol–water partition coefficient (Wildman–Crippen LogP) is 4.40. The molecule has 4 heteroatoms. The predicted molar refractivity (Wildman–Crippen MR) is 78.4 cm³/mol. The maximum Gasteiger partial charge on any atom is 0.0945 e. The first-order valence-corrected chi connectivity index (χ1v) is 6.63. The van der Waals surface area contributed by atoms with E-state index in [2.05, 4.69) is 35.1 Å². The van der Waals surface area contributed by atoms with Gasteiger partial charge in [0, 0.05) is 28.4 Å². The van der Waals surface area contributed by atoms with E-state index in [0.29, 0.717) is 10.9 Å². The Morgan fingerprint density at radius 3 is 2.74 bits per heavy atom. The van der Waals surface area contributed by atoms with Crippen molar-refractivity contribution in [2.75, 3.05) is 0 Å². The third kappa shape index (κ3) is 2.22. The lowest BCUT2D eigenvalue weighted by molar-refractivity contribution is 0.836. The van der Waals surface area contributed by atoms with Gasteiger partial charge in [0.05, 0.1) is 10.7 Å². The molecule has 0 radical (unpaired) electrons. The molecule has 3 rings (SSSR count). The molecule has 0 unspecified atom stereocenters. The second-order valence-electron chi connectivity index (χ2n) is 4.91. The zero-order valence-corrected chi connectivity index (χ0v) is 11.6. The molecule has 1 N–H and O–H groups in total. The second kappa shape index (κ2) is 4.67. The maximum atomic E-state index is 6.34. The van der Waals surface area contributed by atoms with Crippen molar-refractivity contribution in [1.82, 2.24) is 15.2 Å². The third-order valence-electron chi connectivity index (χ3n) is 3.20. The molecule has 0 amide bonds. The Kier molecular flexibility index (Phi) is 2.99. The molecule has 2 aromatic heterocycles. The molecule has 0 atom stereocenters. The molecule has 3 nitrogen and oxygen atoms in total. The molecular weight excluding hydrogens is 258 g/mol. The molecule has 0 saturated carbocycles. The average molecular weight is 272 g/mol. The molecular formula is C15H14ClN3. The van der Waals surface area contributed by atoms with E-state index in [9.17, 15) is 0 Å². The SMILES string of the molecule is CC(C)c1cc2cc(Cl)c(-c3cccnn3)cc2[nH]1. The van der Waals surface area contributed by atoms with Gasteiger partial charge in [-0.2, -0.15) is 10.2 Å². The minimum atomic E-state index is 0.464. The number of nitrogens with zero attached hydrogens (tertiary/aromatic N) is 2. The summed E-state index contributed by atoms with van der Waals surface area (Å²) in [7, 11) is 0. The van der Waals surface area contributed by atoms with Gasteiger partial charge in [0.1, 0.15) is 0 Å². The van der Waals surface area contributed by atoms with Crippen LogP contribution in [0.3, 0.4) is 0 Å². The van der Waals surface area contributed by atoms with Crippen molar-refractivity contribution in [3.63, 3.8) is 0 Å². The highest BCUT2D eigenvalue weighted by Crippen LogP contribution is 2.32. The number of hydrogen-bond donors (Lipinski definition) is 1. The normalized spacial score (nSPS) is 11.4. The molecule has 0 saturated heterocycles. The molecule has 0 aliphatic heterocycles. The molecule has 3 aromatic rings. The van der Waals surface area contributed by atoms with Gasteiger partial charge in [-0.1, -0.05) is 25.4 Å². The Morgan fingerprint density at radius 1 is 1.21 bits per heavy atom. The molecule has 0 spiro atoms. The van der Waals surface area contributed by atoms with E-state index in [4.69, 9.17) is 11.6 Å². The fourth-order valence-corrected chi connectivity index (χ4v) is 2.40. The van der Waals surface area contributed by atoms with E-state index < -0.39 is 0 Å². The van der Waals surface area contributed by atoms with Crippen molar-refractivity contribution < 1.29 is 0 Å². The lowest BCUT2D eigenvalue weighted by Gasteiger charge is -2.03. The van der Waals surface area contributed by atoms with Crippen LogP contribution in [0.2, 0.25) is 5.02 Å². The van der Waals surface area contributed by atoms with Crippen molar-refractivity contribution in [3.8, 4) is 11.3 Å². The van der Waals surface area contributed by atoms with Crippen LogP contribution in [0.15, 0.2) is 36.5 Å². The number of halogens is 1. The first-order valence-electron chi connectivity index (χ1n) is 6.25. The van der Waals surface area contributed by atoms with Crippen LogP contribution in [-0.2, 0) is 0 Å². The van der Waals surface area contributed by atoms with E-state index in [0.717, 1.165) is 22.2 Å². The quantitative estimate of drug-likeness (QED) is 0.750. The van der Waals surface area contributed by atoms with Crippen molar-refractivity contribution in [1.29, 1.82) is 0 Å². The van der Waals surface area contributed by atoms with Crippen molar-refractivity contribution >= 4 is 22.5 Å². The van der Waals surface area contributed by atoms with Gasteiger partial charge in [0.2, 0.25) is 0 Å². The monoisotopic (exact) mass is 271 g/mol. The van der Waals surface area contributed by atoms with Gasteiger partial charge in [-0.15, -0.1) is 0 Å². The van der Waals surface area contributed by atoms with Crippen molar-refractivity contribution in [2.45, 2.75) is 19.8 Å². The van der Waals surface area contributed by atoms with Crippen LogP contribution in [-0.4, -0.2) is 15.2 Å². The highest BCUT2D eigenvalue weighted by atomic mass is 35.5. The van der Waals surface area contributed by atoms with Gasteiger partial charge < -0.3 is 4.98 Å². The van der Waals surface area contributed by atoms with E-state index >= 15 is 0 Å². The minimum Gasteiger partial charge on any atom is -0.358 e. The highest BCUT2D eigenvalue weighted by Gasteiger charge is 2.10. The summed E-state index contributed by atoms with van der Waals surface area (Å²) in [5, 5.41) is 9.83. The van der Waals surface area contributed by atoms with Gasteiger partial charge in [-0.25, -0.2) is 0 Å². The Hall–Kier alpha value is -1.87. The topological polar surface area (TPSA) is 41.6 Å². The Bertz CT molecular complexity index is 717. The van der Waals surface area contributed by atoms with Gasteiger partial charge >= 0.3 is 0 Å². The van der Waals surface area contributed by atoms with Crippen LogP contribution >= 0.6 is 11.6 Å². The Labute approximate surface area is 116 Å². The fourth-order valence-electron chi connectivity index (χ4n) is 2.13. The zero-order valence-electron chi connectivity index (χ0n) is 10.8. The summed E-state index contributed by atoms with van der Waals surface area (Å²) in [5.41, 5.74) is 3.98. The van der Waals surface area contributed by atoms with Gasteiger partial charge in [0.15, 0.2) is 0 Å². The molecule has 0 aliphatic rings. The van der Waals surface area contributed by atoms with Crippen LogP contribution in [0.25, 0.3) is 22.2 Å². The Morgan fingerprint density at radius 2 is 2.05 bits per heavy atom. The first-order chi connectivity index (χ1) is 9.15. The van der Waals surface area contributed by atoms with Crippen LogP contribution in [0, 0.1) is 0 Å². The summed E-state index contributed by atoms with van der Waals surface area (Å²) >= 11 is 6.34. The van der Waals surface area contributed by atoms with E-state index in [1.54, 1.807) is 6.20 Å². The zero-order chi connectivity index (χ0) is 13.4. The summed E-state index contributed by atoms with van der Waals surface area (Å²) in [6, 6.07) is 9.92. The fraction of sp³-hybridized carbons (Fsp3) is 0.200. The maximum absolute atomic E-state index is 6.34. The minimum absolute atomic E-state index is 0.464. The van der Waals surface area contributed by atoms with Crippen LogP contribution in [0.1, 0.15) is 25.5 Å². The Balaban J connectivity index is 2.19. The van der Waals surface area contributed by atoms with Gasteiger partial charge in [-0.3, -0.25) is 0 Å². The largest absolute Gasteiger partial charge is 0.358 e. The smallest absolute Gasteiger partial charge is 0.0945 e. The summed E-state index contributed by atoms with van der Waals surface area (Å²) in [5.74, 6) is 0.464. The molecule has 0 bridgehead atoms. The van der Waals surface area contributed by atoms with Crippen LogP contribution in [0.5, 0.6) is 0 Å². The number of hydrogen-bond acceptors (Lipinski definition) is 2. The number of rotatable bonds is 2. The lowest BCUT2D eigenvalue weighted by Crippen LogP contribution is -1.87. The van der Waals surface area contributed by atoms with Crippen molar-refractivity contribution in [3.05, 3.63) is 47.2 Å². The molecule has 96 valence electrons. The number of aromatic nitrogens is 3. The first kappa shape index (κ1) is 12.2. The summed E-state index contributed by atoms with van der Waals surface area (Å²) in [4.78, 5) is 3.43. The van der Waals surface area contributed by atoms with Gasteiger partial charge in [0.25, 0.3) is 0 Å². The third-order valence-corrected chi connectivity index (χ3v) is 3.51. The molecule has 0 fully saturated rings. The lowest BCUT2D eigenvalue weighted by atomic mass is 10.1. The number of nitrogens with one attached hydrogen (secondary N) is 1. The molecule has 1 aromatic carbocycles. The van der Waals surface area contributed by atoms with E-state index in [-0.39, 0.29) is 0 Å². The molecule has 0 aliphatic carbocycles. The summed E-state index contributed by atoms with van der Waals surface area (Å²) < 4.78 is 0.